The Kier molecular flexibility index (Phi) is 4.41. The van der Waals surface area contributed by atoms with Crippen molar-refractivity contribution in [2.45, 2.75) is 13.0 Å². The molecule has 0 radical (unpaired) electrons. The molecule has 0 spiro atoms. The molecule has 1 unspecified atom stereocenters. The molecule has 8 heteroatoms. The summed E-state index contributed by atoms with van der Waals surface area (Å²) in [4.78, 5) is 11.7. The molecule has 1 aromatic heterocycles. The van der Waals surface area contributed by atoms with E-state index in [2.05, 4.69) is 25.9 Å². The zero-order valence-electron chi connectivity index (χ0n) is 10.5. The molecule has 0 aliphatic heterocycles. The van der Waals surface area contributed by atoms with Gasteiger partial charge in [-0.1, -0.05) is 22.9 Å². The van der Waals surface area contributed by atoms with Crippen LogP contribution >= 0.6 is 11.6 Å². The van der Waals surface area contributed by atoms with Crippen LogP contribution in [0.4, 0.5) is 4.39 Å². The van der Waals surface area contributed by atoms with Crippen molar-refractivity contribution in [3.8, 4) is 0 Å². The van der Waals surface area contributed by atoms with Gasteiger partial charge in [0.2, 0.25) is 5.91 Å². The van der Waals surface area contributed by atoms with Crippen molar-refractivity contribution in [1.82, 2.24) is 25.9 Å². The van der Waals surface area contributed by atoms with Crippen LogP contribution in [0.5, 0.6) is 0 Å². The average Bonchev–Trinajstić information content (AvgIpc) is 2.94. The van der Waals surface area contributed by atoms with Gasteiger partial charge in [-0.2, -0.15) is 5.21 Å². The van der Waals surface area contributed by atoms with Crippen LogP contribution in [0.1, 0.15) is 24.4 Å². The van der Waals surface area contributed by atoms with E-state index in [-0.39, 0.29) is 17.0 Å². The van der Waals surface area contributed by atoms with Gasteiger partial charge < -0.3 is 5.32 Å². The number of rotatable bonds is 4. The molecular formula is C12H11ClFN5O. The van der Waals surface area contributed by atoms with Gasteiger partial charge in [0.05, 0.1) is 11.1 Å². The molecule has 0 bridgehead atoms. The monoisotopic (exact) mass is 295 g/mol. The number of halogens is 2. The molecule has 2 rings (SSSR count). The summed E-state index contributed by atoms with van der Waals surface area (Å²) in [5, 5.41) is 15.9. The highest BCUT2D eigenvalue weighted by Gasteiger charge is 2.11. The molecule has 2 aromatic rings. The van der Waals surface area contributed by atoms with Gasteiger partial charge in [0.1, 0.15) is 5.82 Å². The van der Waals surface area contributed by atoms with Crippen LogP contribution in [0.3, 0.4) is 0 Å². The van der Waals surface area contributed by atoms with E-state index in [9.17, 15) is 9.18 Å². The van der Waals surface area contributed by atoms with Gasteiger partial charge in [-0.25, -0.2) is 4.39 Å². The molecule has 104 valence electrons. The van der Waals surface area contributed by atoms with Crippen LogP contribution < -0.4 is 5.32 Å². The lowest BCUT2D eigenvalue weighted by Crippen LogP contribution is -2.25. The zero-order chi connectivity index (χ0) is 14.5. The largest absolute Gasteiger partial charge is 0.343 e. The Morgan fingerprint density at radius 3 is 3.00 bits per heavy atom. The number of aromatic nitrogens is 4. The maximum absolute atomic E-state index is 13.0. The zero-order valence-corrected chi connectivity index (χ0v) is 11.2. The van der Waals surface area contributed by atoms with E-state index in [4.69, 9.17) is 11.6 Å². The number of hydrogen-bond acceptors (Lipinski definition) is 4. The summed E-state index contributed by atoms with van der Waals surface area (Å²) in [5.41, 5.74) is 0.624. The van der Waals surface area contributed by atoms with Gasteiger partial charge in [0.15, 0.2) is 5.82 Å². The van der Waals surface area contributed by atoms with Crippen molar-refractivity contribution in [1.29, 1.82) is 0 Å². The predicted molar refractivity (Wildman–Crippen MR) is 71.2 cm³/mol. The first-order valence-electron chi connectivity index (χ1n) is 5.73. The molecule has 1 aromatic carbocycles. The lowest BCUT2D eigenvalue weighted by Gasteiger charge is -2.06. The van der Waals surface area contributed by atoms with Gasteiger partial charge in [0.25, 0.3) is 0 Å². The molecule has 1 amide bonds. The molecule has 1 atom stereocenters. The van der Waals surface area contributed by atoms with E-state index in [1.54, 1.807) is 6.92 Å². The quantitative estimate of drug-likeness (QED) is 0.844. The first kappa shape index (κ1) is 14.1. The Morgan fingerprint density at radius 1 is 1.55 bits per heavy atom. The number of tetrazole rings is 1. The molecule has 2 N–H and O–H groups in total. The van der Waals surface area contributed by atoms with Crippen LogP contribution in [0, 0.1) is 5.82 Å². The molecule has 0 aliphatic rings. The fourth-order valence-electron chi connectivity index (χ4n) is 1.47. The number of H-pyrrole nitrogens is 1. The van der Waals surface area contributed by atoms with Gasteiger partial charge in [-0.05, 0) is 30.7 Å². The number of aromatic amines is 1. The summed E-state index contributed by atoms with van der Waals surface area (Å²) in [7, 11) is 0. The minimum atomic E-state index is -0.501. The fraction of sp³-hybridized carbons (Fsp3) is 0.167. The maximum Gasteiger partial charge on any atom is 0.244 e. The molecule has 20 heavy (non-hydrogen) atoms. The molecule has 1 heterocycles. The Labute approximate surface area is 119 Å². The van der Waals surface area contributed by atoms with Crippen LogP contribution in [-0.4, -0.2) is 26.5 Å². The summed E-state index contributed by atoms with van der Waals surface area (Å²) < 4.78 is 13.0. The van der Waals surface area contributed by atoms with E-state index in [1.807, 2.05) is 0 Å². The van der Waals surface area contributed by atoms with Crippen molar-refractivity contribution >= 4 is 23.6 Å². The van der Waals surface area contributed by atoms with Crippen LogP contribution in [0.2, 0.25) is 5.02 Å². The second kappa shape index (κ2) is 6.25. The third kappa shape index (κ3) is 3.61. The Bertz CT molecular complexity index is 629. The number of hydrogen-bond donors (Lipinski definition) is 2. The second-order valence-electron chi connectivity index (χ2n) is 4.01. The summed E-state index contributed by atoms with van der Waals surface area (Å²) in [6, 6.07) is 3.82. The lowest BCUT2D eigenvalue weighted by atomic mass is 10.2. The highest BCUT2D eigenvalue weighted by molar-refractivity contribution is 6.30. The molecule has 6 nitrogen and oxygen atoms in total. The van der Waals surface area contributed by atoms with E-state index >= 15 is 0 Å². The smallest absolute Gasteiger partial charge is 0.244 e. The van der Waals surface area contributed by atoms with Crippen LogP contribution in [-0.2, 0) is 4.79 Å². The summed E-state index contributed by atoms with van der Waals surface area (Å²) >= 11 is 5.64. The number of carbonyl (C=O) groups excluding carboxylic acids is 1. The van der Waals surface area contributed by atoms with Crippen LogP contribution in [0.25, 0.3) is 6.08 Å². The molecule has 0 fully saturated rings. The predicted octanol–water partition coefficient (Wildman–Crippen LogP) is 1.88. The molecule has 0 saturated heterocycles. The molecule has 0 aliphatic carbocycles. The Hall–Kier alpha value is -2.28. The number of nitrogens with zero attached hydrogens (tertiary/aromatic N) is 3. The fourth-order valence-corrected chi connectivity index (χ4v) is 1.66. The maximum atomic E-state index is 13.0. The second-order valence-corrected chi connectivity index (χ2v) is 4.41. The first-order valence-corrected chi connectivity index (χ1v) is 6.11. The first-order chi connectivity index (χ1) is 9.56. The topological polar surface area (TPSA) is 83.6 Å². The van der Waals surface area contributed by atoms with Crippen molar-refractivity contribution in [3.05, 3.63) is 46.5 Å². The third-order valence-electron chi connectivity index (χ3n) is 2.48. The highest BCUT2D eigenvalue weighted by atomic mass is 35.5. The van der Waals surface area contributed by atoms with Gasteiger partial charge >= 0.3 is 0 Å². The SMILES string of the molecule is CC(NC(=O)C=Cc1ccc(F)c(Cl)c1)c1nn[nH]n1. The number of carbonyl (C=O) groups is 1. The number of benzene rings is 1. The number of nitrogens with one attached hydrogen (secondary N) is 2. The van der Waals surface area contributed by atoms with Crippen molar-refractivity contribution in [3.63, 3.8) is 0 Å². The highest BCUT2D eigenvalue weighted by Crippen LogP contribution is 2.16. The molecule has 0 saturated carbocycles. The third-order valence-corrected chi connectivity index (χ3v) is 2.77. The minimum Gasteiger partial charge on any atom is -0.343 e. The minimum absolute atomic E-state index is 0.00715. The standard InChI is InChI=1S/C12H11ClFN5O/c1-7(12-16-18-19-17-12)15-11(20)5-3-8-2-4-10(14)9(13)6-8/h2-7H,1H3,(H,15,20)(H,16,17,18,19). The van der Waals surface area contributed by atoms with Gasteiger partial charge in [-0.3, -0.25) is 4.79 Å². The van der Waals surface area contributed by atoms with Crippen LogP contribution in [0.15, 0.2) is 24.3 Å². The van der Waals surface area contributed by atoms with E-state index in [1.165, 1.54) is 30.4 Å². The van der Waals surface area contributed by atoms with E-state index in [0.29, 0.717) is 11.4 Å². The summed E-state index contributed by atoms with van der Waals surface area (Å²) in [6.45, 7) is 1.73. The molecular weight excluding hydrogens is 285 g/mol. The van der Waals surface area contributed by atoms with Gasteiger partial charge in [0, 0.05) is 6.08 Å². The van der Waals surface area contributed by atoms with E-state index in [0.717, 1.165) is 0 Å². The van der Waals surface area contributed by atoms with Crippen molar-refractivity contribution < 1.29 is 9.18 Å². The summed E-state index contributed by atoms with van der Waals surface area (Å²) in [6.07, 6.45) is 2.85. The number of amides is 1. The van der Waals surface area contributed by atoms with Crippen molar-refractivity contribution in [2.24, 2.45) is 0 Å². The average molecular weight is 296 g/mol. The Balaban J connectivity index is 1.97. The lowest BCUT2D eigenvalue weighted by molar-refractivity contribution is -0.117. The van der Waals surface area contributed by atoms with Crippen molar-refractivity contribution in [2.75, 3.05) is 0 Å². The van der Waals surface area contributed by atoms with E-state index < -0.39 is 5.82 Å². The normalized spacial score (nSPS) is 12.6. The summed E-state index contributed by atoms with van der Waals surface area (Å²) in [5.74, 6) is -0.446. The Morgan fingerprint density at radius 2 is 2.35 bits per heavy atom. The van der Waals surface area contributed by atoms with Gasteiger partial charge in [-0.15, -0.1) is 10.2 Å².